The second-order valence-corrected chi connectivity index (χ2v) is 2.69. The van der Waals surface area contributed by atoms with Crippen molar-refractivity contribution in [3.8, 4) is 0 Å². The second kappa shape index (κ2) is 9.38. The third-order valence-corrected chi connectivity index (χ3v) is 1.34. The van der Waals surface area contributed by atoms with Gasteiger partial charge in [-0.2, -0.15) is 0 Å². The number of nitrogens with one attached hydrogen (secondary N) is 1. The number of carboxylic acids is 1. The number of primary amides is 1. The molecule has 16 heavy (non-hydrogen) atoms. The fraction of sp³-hybridized carbons (Fsp3) is 0.333. The third-order valence-electron chi connectivity index (χ3n) is 1.34. The summed E-state index contributed by atoms with van der Waals surface area (Å²) in [6.07, 6.45) is 5.35. The van der Waals surface area contributed by atoms with Crippen LogP contribution in [0.3, 0.4) is 0 Å². The van der Waals surface area contributed by atoms with Gasteiger partial charge in [0.25, 0.3) is 0 Å². The molecule has 0 saturated carbocycles. The standard InChI is InChI=1S/C5H10N2O3.C4H4N2/c6-5(10)7-3-1-2-4(8)9;1-2-5-4-6-3-1/h1-3H2,(H,8,9)(H3,6,7,10);1-4H. The highest BCUT2D eigenvalue weighted by Crippen LogP contribution is 1.84. The van der Waals surface area contributed by atoms with Crippen molar-refractivity contribution in [2.75, 3.05) is 6.54 Å². The molecule has 88 valence electrons. The van der Waals surface area contributed by atoms with Crippen LogP contribution in [0.25, 0.3) is 0 Å². The van der Waals surface area contributed by atoms with Gasteiger partial charge in [-0.3, -0.25) is 4.79 Å². The number of carboxylic acid groups (broad SMARTS) is 1. The number of nitrogens with two attached hydrogens (primary N) is 1. The zero-order valence-electron chi connectivity index (χ0n) is 8.67. The van der Waals surface area contributed by atoms with Gasteiger partial charge in [0.05, 0.1) is 0 Å². The molecule has 1 heterocycles. The van der Waals surface area contributed by atoms with E-state index in [1.165, 1.54) is 6.33 Å². The molecule has 0 aliphatic carbocycles. The first-order valence-corrected chi connectivity index (χ1v) is 4.58. The molecule has 7 nitrogen and oxygen atoms in total. The van der Waals surface area contributed by atoms with E-state index in [9.17, 15) is 9.59 Å². The summed E-state index contributed by atoms with van der Waals surface area (Å²) in [6.45, 7) is 0.321. The molecule has 2 amide bonds. The minimum absolute atomic E-state index is 0.0558. The van der Waals surface area contributed by atoms with Gasteiger partial charge < -0.3 is 16.2 Å². The van der Waals surface area contributed by atoms with E-state index >= 15 is 0 Å². The summed E-state index contributed by atoms with van der Waals surface area (Å²) in [7, 11) is 0. The summed E-state index contributed by atoms with van der Waals surface area (Å²) in [5.41, 5.74) is 4.71. The first kappa shape index (κ1) is 13.8. The molecule has 0 fully saturated rings. The number of rotatable bonds is 4. The Morgan fingerprint density at radius 3 is 2.25 bits per heavy atom. The molecule has 0 atom stereocenters. The largest absolute Gasteiger partial charge is 0.481 e. The van der Waals surface area contributed by atoms with Crippen molar-refractivity contribution in [3.63, 3.8) is 0 Å². The fourth-order valence-corrected chi connectivity index (χ4v) is 0.705. The monoisotopic (exact) mass is 226 g/mol. The summed E-state index contributed by atoms with van der Waals surface area (Å²) >= 11 is 0. The van der Waals surface area contributed by atoms with Crippen LogP contribution < -0.4 is 11.1 Å². The maximum absolute atomic E-state index is 10.0. The fourth-order valence-electron chi connectivity index (χ4n) is 0.705. The summed E-state index contributed by atoms with van der Waals surface area (Å²) in [5, 5.41) is 10.4. The number of amides is 2. The van der Waals surface area contributed by atoms with Gasteiger partial charge in [-0.25, -0.2) is 14.8 Å². The zero-order chi connectivity index (χ0) is 12.2. The van der Waals surface area contributed by atoms with E-state index in [4.69, 9.17) is 10.8 Å². The Morgan fingerprint density at radius 1 is 1.31 bits per heavy atom. The van der Waals surface area contributed by atoms with Crippen LogP contribution in [0, 0.1) is 0 Å². The van der Waals surface area contributed by atoms with E-state index in [0.29, 0.717) is 13.0 Å². The van der Waals surface area contributed by atoms with Crippen molar-refractivity contribution < 1.29 is 14.7 Å². The van der Waals surface area contributed by atoms with Gasteiger partial charge in [0, 0.05) is 25.4 Å². The predicted molar refractivity (Wildman–Crippen MR) is 56.5 cm³/mol. The number of hydrogen-bond donors (Lipinski definition) is 3. The van der Waals surface area contributed by atoms with Gasteiger partial charge in [-0.15, -0.1) is 0 Å². The quantitative estimate of drug-likeness (QED) is 0.624. The van der Waals surface area contributed by atoms with Crippen LogP contribution in [0.15, 0.2) is 24.8 Å². The van der Waals surface area contributed by atoms with Crippen LogP contribution in [0.4, 0.5) is 4.79 Å². The smallest absolute Gasteiger partial charge is 0.312 e. The predicted octanol–water partition coefficient (Wildman–Crippen LogP) is -0.00390. The van der Waals surface area contributed by atoms with Crippen LogP contribution in [-0.4, -0.2) is 33.6 Å². The van der Waals surface area contributed by atoms with Crippen LogP contribution in [-0.2, 0) is 4.79 Å². The van der Waals surface area contributed by atoms with Gasteiger partial charge in [-0.1, -0.05) is 0 Å². The number of urea groups is 1. The molecule has 7 heteroatoms. The summed E-state index contributed by atoms with van der Waals surface area (Å²) in [5.74, 6) is -0.869. The van der Waals surface area contributed by atoms with Crippen molar-refractivity contribution in [2.24, 2.45) is 5.73 Å². The summed E-state index contributed by atoms with van der Waals surface area (Å²) in [6, 6.07) is 1.16. The van der Waals surface area contributed by atoms with Gasteiger partial charge in [0.1, 0.15) is 6.33 Å². The molecular formula is C9H14N4O3. The van der Waals surface area contributed by atoms with Crippen LogP contribution in [0.1, 0.15) is 12.8 Å². The normalized spacial score (nSPS) is 8.50. The van der Waals surface area contributed by atoms with E-state index in [2.05, 4.69) is 15.3 Å². The molecule has 0 aromatic carbocycles. The lowest BCUT2D eigenvalue weighted by Gasteiger charge is -1.97. The summed E-state index contributed by atoms with van der Waals surface area (Å²) < 4.78 is 0. The van der Waals surface area contributed by atoms with Crippen molar-refractivity contribution in [1.29, 1.82) is 0 Å². The Kier molecular flexibility index (Phi) is 8.10. The number of carbonyl (C=O) groups is 2. The first-order chi connectivity index (χ1) is 7.63. The zero-order valence-corrected chi connectivity index (χ0v) is 8.67. The van der Waals surface area contributed by atoms with Crippen molar-refractivity contribution in [2.45, 2.75) is 12.8 Å². The van der Waals surface area contributed by atoms with Gasteiger partial charge in [0.2, 0.25) is 0 Å². The number of hydrogen-bond acceptors (Lipinski definition) is 4. The number of aliphatic carboxylic acids is 1. The van der Waals surface area contributed by atoms with Crippen LogP contribution >= 0.6 is 0 Å². The van der Waals surface area contributed by atoms with Crippen LogP contribution in [0.2, 0.25) is 0 Å². The minimum Gasteiger partial charge on any atom is -0.481 e. The molecule has 0 bridgehead atoms. The lowest BCUT2D eigenvalue weighted by Crippen LogP contribution is -2.30. The third kappa shape index (κ3) is 11.8. The van der Waals surface area contributed by atoms with Crippen molar-refractivity contribution >= 4 is 12.0 Å². The maximum Gasteiger partial charge on any atom is 0.312 e. The molecule has 0 radical (unpaired) electrons. The number of aromatic nitrogens is 2. The molecule has 0 aliphatic rings. The topological polar surface area (TPSA) is 118 Å². The molecule has 1 aromatic heterocycles. The lowest BCUT2D eigenvalue weighted by atomic mass is 10.3. The van der Waals surface area contributed by atoms with E-state index in [0.717, 1.165) is 0 Å². The second-order valence-electron chi connectivity index (χ2n) is 2.69. The van der Waals surface area contributed by atoms with Gasteiger partial charge in [0.15, 0.2) is 0 Å². The molecule has 4 N–H and O–H groups in total. The Morgan fingerprint density at radius 2 is 1.94 bits per heavy atom. The van der Waals surface area contributed by atoms with Crippen molar-refractivity contribution in [1.82, 2.24) is 15.3 Å². The van der Waals surface area contributed by atoms with E-state index in [1.807, 2.05) is 0 Å². The molecule has 0 aliphatic heterocycles. The van der Waals surface area contributed by atoms with Crippen molar-refractivity contribution in [3.05, 3.63) is 24.8 Å². The van der Waals surface area contributed by atoms with Gasteiger partial charge >= 0.3 is 12.0 Å². The highest BCUT2D eigenvalue weighted by Gasteiger charge is 1.96. The Hall–Kier alpha value is -2.18. The molecular weight excluding hydrogens is 212 g/mol. The number of carbonyl (C=O) groups excluding carboxylic acids is 1. The average Bonchev–Trinajstić information content (AvgIpc) is 2.27. The van der Waals surface area contributed by atoms with Gasteiger partial charge in [-0.05, 0) is 12.5 Å². The minimum atomic E-state index is -0.869. The maximum atomic E-state index is 10.0. The Bertz CT molecular complexity index is 262. The first-order valence-electron chi connectivity index (χ1n) is 4.58. The van der Waals surface area contributed by atoms with Crippen LogP contribution in [0.5, 0.6) is 0 Å². The number of nitrogens with zero attached hydrogens (tertiary/aromatic N) is 2. The van der Waals surface area contributed by atoms with E-state index in [-0.39, 0.29) is 6.42 Å². The SMILES string of the molecule is NC(=O)NCCCC(=O)O.c1cncnc1. The average molecular weight is 226 g/mol. The highest BCUT2D eigenvalue weighted by atomic mass is 16.4. The Labute approximate surface area is 92.7 Å². The summed E-state index contributed by atoms with van der Waals surface area (Å²) in [4.78, 5) is 27.3. The lowest BCUT2D eigenvalue weighted by molar-refractivity contribution is -0.137. The molecule has 0 unspecified atom stereocenters. The van der Waals surface area contributed by atoms with E-state index < -0.39 is 12.0 Å². The van der Waals surface area contributed by atoms with E-state index in [1.54, 1.807) is 18.5 Å². The highest BCUT2D eigenvalue weighted by molar-refractivity contribution is 5.71. The molecule has 1 rings (SSSR count). The Balaban J connectivity index is 0.000000315. The molecule has 0 saturated heterocycles. The molecule has 0 spiro atoms. The molecule has 1 aromatic rings.